The standard InChI is InChI=1S/C27H38O/c1-3-7-22-10-12-23(13-11-22)8-5-6-9-24-14-16-25(17-15-24)26-18-20-27(21-19-26)28-4-2/h5,8,18-25H,3-4,7,10-17H2,1-2H3/b8-5+/t22-,23-,24-,25-. The summed E-state index contributed by atoms with van der Waals surface area (Å²) in [5, 5.41) is 0. The van der Waals surface area contributed by atoms with Gasteiger partial charge in [-0.25, -0.2) is 0 Å². The average molecular weight is 379 g/mol. The van der Waals surface area contributed by atoms with E-state index in [9.17, 15) is 0 Å². The van der Waals surface area contributed by atoms with E-state index in [1.54, 1.807) is 0 Å². The maximum Gasteiger partial charge on any atom is 0.119 e. The first-order valence-electron chi connectivity index (χ1n) is 11.7. The third-order valence-electron chi connectivity index (χ3n) is 6.72. The second kappa shape index (κ2) is 11.4. The van der Waals surface area contributed by atoms with Crippen molar-refractivity contribution in [2.75, 3.05) is 6.61 Å². The predicted molar refractivity (Wildman–Crippen MR) is 120 cm³/mol. The molecule has 0 aromatic heterocycles. The van der Waals surface area contributed by atoms with Crippen LogP contribution in [0.15, 0.2) is 36.4 Å². The molecule has 2 fully saturated rings. The topological polar surface area (TPSA) is 9.23 Å². The van der Waals surface area contributed by atoms with Gasteiger partial charge in [0.2, 0.25) is 0 Å². The van der Waals surface area contributed by atoms with E-state index in [1.165, 1.54) is 69.8 Å². The second-order valence-corrected chi connectivity index (χ2v) is 8.77. The molecule has 2 aliphatic rings. The Bertz CT molecular complexity index is 644. The minimum atomic E-state index is 0.587. The fourth-order valence-electron chi connectivity index (χ4n) is 5.00. The Balaban J connectivity index is 1.39. The lowest BCUT2D eigenvalue weighted by atomic mass is 9.79. The van der Waals surface area contributed by atoms with Gasteiger partial charge in [-0.3, -0.25) is 0 Å². The maximum atomic E-state index is 5.56. The molecular weight excluding hydrogens is 340 g/mol. The van der Waals surface area contributed by atoms with Crippen molar-refractivity contribution >= 4 is 0 Å². The Kier molecular flexibility index (Phi) is 8.53. The second-order valence-electron chi connectivity index (χ2n) is 8.77. The van der Waals surface area contributed by atoms with Crippen LogP contribution >= 0.6 is 0 Å². The molecule has 2 aliphatic carbocycles. The number of ether oxygens (including phenoxy) is 1. The van der Waals surface area contributed by atoms with E-state index in [0.29, 0.717) is 11.8 Å². The van der Waals surface area contributed by atoms with Gasteiger partial charge in [-0.2, -0.15) is 0 Å². The van der Waals surface area contributed by atoms with Gasteiger partial charge in [0, 0.05) is 5.92 Å². The number of hydrogen-bond acceptors (Lipinski definition) is 1. The van der Waals surface area contributed by atoms with Gasteiger partial charge in [0.25, 0.3) is 0 Å². The van der Waals surface area contributed by atoms with E-state index in [0.717, 1.165) is 24.2 Å². The molecule has 1 heteroatoms. The minimum Gasteiger partial charge on any atom is -0.494 e. The molecule has 2 saturated carbocycles. The molecule has 0 N–H and O–H groups in total. The zero-order chi connectivity index (χ0) is 19.6. The van der Waals surface area contributed by atoms with Gasteiger partial charge >= 0.3 is 0 Å². The van der Waals surface area contributed by atoms with Crippen LogP contribution in [0.5, 0.6) is 5.75 Å². The molecule has 1 nitrogen and oxygen atoms in total. The summed E-state index contributed by atoms with van der Waals surface area (Å²) < 4.78 is 5.56. The first kappa shape index (κ1) is 21.0. The van der Waals surface area contributed by atoms with Gasteiger partial charge in [-0.15, -0.1) is 0 Å². The molecule has 0 bridgehead atoms. The van der Waals surface area contributed by atoms with Gasteiger partial charge in [0.15, 0.2) is 0 Å². The molecular formula is C27H38O. The van der Waals surface area contributed by atoms with Crippen LogP contribution in [-0.4, -0.2) is 6.61 Å². The van der Waals surface area contributed by atoms with Gasteiger partial charge in [-0.1, -0.05) is 49.8 Å². The lowest BCUT2D eigenvalue weighted by molar-refractivity contribution is 0.294. The summed E-state index contributed by atoms with van der Waals surface area (Å²) in [5.41, 5.74) is 1.47. The van der Waals surface area contributed by atoms with Crippen LogP contribution in [0.2, 0.25) is 0 Å². The lowest BCUT2D eigenvalue weighted by Gasteiger charge is -2.26. The van der Waals surface area contributed by atoms with E-state index < -0.39 is 0 Å². The first-order valence-corrected chi connectivity index (χ1v) is 11.7. The van der Waals surface area contributed by atoms with Crippen LogP contribution in [0.25, 0.3) is 0 Å². The largest absolute Gasteiger partial charge is 0.494 e. The van der Waals surface area contributed by atoms with E-state index in [4.69, 9.17) is 4.74 Å². The number of hydrogen-bond donors (Lipinski definition) is 0. The maximum absolute atomic E-state index is 5.56. The molecule has 0 spiro atoms. The summed E-state index contributed by atoms with van der Waals surface area (Å²) in [7, 11) is 0. The summed E-state index contributed by atoms with van der Waals surface area (Å²) in [4.78, 5) is 0. The SMILES string of the molecule is CCC[C@H]1CC[C@H](/C=C/C#C[C@H]2CC[C@H](c3ccc(OCC)cc3)CC2)CC1. The van der Waals surface area contributed by atoms with Gasteiger partial charge in [0.05, 0.1) is 6.61 Å². The Morgan fingerprint density at radius 1 is 0.929 bits per heavy atom. The van der Waals surface area contributed by atoms with Gasteiger partial charge in [-0.05, 0) is 99.8 Å². The van der Waals surface area contributed by atoms with Crippen molar-refractivity contribution in [1.29, 1.82) is 0 Å². The Labute approximate surface area is 173 Å². The summed E-state index contributed by atoms with van der Waals surface area (Å²) in [6.45, 7) is 5.08. The molecule has 0 heterocycles. The van der Waals surface area contributed by atoms with E-state index in [2.05, 4.69) is 55.2 Å². The highest BCUT2D eigenvalue weighted by Gasteiger charge is 2.21. The molecule has 3 rings (SSSR count). The average Bonchev–Trinajstić information content (AvgIpc) is 2.74. The number of rotatable bonds is 6. The molecule has 28 heavy (non-hydrogen) atoms. The molecule has 0 atom stereocenters. The fraction of sp³-hybridized carbons (Fsp3) is 0.630. The molecule has 1 aromatic rings. The van der Waals surface area contributed by atoms with Crippen molar-refractivity contribution in [1.82, 2.24) is 0 Å². The number of benzene rings is 1. The minimum absolute atomic E-state index is 0.587. The van der Waals surface area contributed by atoms with Crippen LogP contribution in [0.4, 0.5) is 0 Å². The van der Waals surface area contributed by atoms with E-state index in [1.807, 2.05) is 6.92 Å². The lowest BCUT2D eigenvalue weighted by Crippen LogP contribution is -2.12. The van der Waals surface area contributed by atoms with Crippen LogP contribution in [0, 0.1) is 29.6 Å². The highest BCUT2D eigenvalue weighted by atomic mass is 16.5. The molecule has 0 unspecified atom stereocenters. The summed E-state index contributed by atoms with van der Waals surface area (Å²) in [6.07, 6.45) is 17.9. The Hall–Kier alpha value is -1.68. The zero-order valence-electron chi connectivity index (χ0n) is 18.0. The Morgan fingerprint density at radius 2 is 1.64 bits per heavy atom. The van der Waals surface area contributed by atoms with Gasteiger partial charge in [0.1, 0.15) is 5.75 Å². The third-order valence-corrected chi connectivity index (χ3v) is 6.72. The molecule has 0 aliphatic heterocycles. The monoisotopic (exact) mass is 378 g/mol. The molecule has 0 radical (unpaired) electrons. The predicted octanol–water partition coefficient (Wildman–Crippen LogP) is 7.53. The molecule has 1 aromatic carbocycles. The normalized spacial score (nSPS) is 27.9. The van der Waals surface area contributed by atoms with Crippen LogP contribution < -0.4 is 4.74 Å². The van der Waals surface area contributed by atoms with Gasteiger partial charge < -0.3 is 4.74 Å². The summed E-state index contributed by atoms with van der Waals surface area (Å²) in [5.74, 6) is 10.9. The molecule has 0 saturated heterocycles. The third kappa shape index (κ3) is 6.44. The quantitative estimate of drug-likeness (QED) is 0.465. The fourth-order valence-corrected chi connectivity index (χ4v) is 5.00. The van der Waals surface area contributed by atoms with Crippen molar-refractivity contribution in [3.05, 3.63) is 42.0 Å². The molecule has 0 amide bonds. The van der Waals surface area contributed by atoms with Crippen molar-refractivity contribution in [3.63, 3.8) is 0 Å². The van der Waals surface area contributed by atoms with Crippen LogP contribution in [-0.2, 0) is 0 Å². The highest BCUT2D eigenvalue weighted by Crippen LogP contribution is 2.36. The van der Waals surface area contributed by atoms with Crippen molar-refractivity contribution < 1.29 is 4.74 Å². The summed E-state index contributed by atoms with van der Waals surface area (Å²) >= 11 is 0. The number of allylic oxidation sites excluding steroid dienone is 2. The highest BCUT2D eigenvalue weighted by molar-refractivity contribution is 5.30. The molecule has 152 valence electrons. The van der Waals surface area contributed by atoms with Crippen molar-refractivity contribution in [2.24, 2.45) is 17.8 Å². The van der Waals surface area contributed by atoms with E-state index >= 15 is 0 Å². The zero-order valence-corrected chi connectivity index (χ0v) is 18.0. The van der Waals surface area contributed by atoms with Crippen LogP contribution in [0.1, 0.15) is 89.5 Å². The first-order chi connectivity index (χ1) is 13.8. The van der Waals surface area contributed by atoms with E-state index in [-0.39, 0.29) is 0 Å². The van der Waals surface area contributed by atoms with Crippen LogP contribution in [0.3, 0.4) is 0 Å². The van der Waals surface area contributed by atoms with Crippen molar-refractivity contribution in [3.8, 4) is 17.6 Å². The Morgan fingerprint density at radius 3 is 2.29 bits per heavy atom. The summed E-state index contributed by atoms with van der Waals surface area (Å²) in [6, 6.07) is 8.73. The van der Waals surface area contributed by atoms with Crippen molar-refractivity contribution in [2.45, 2.75) is 84.0 Å². The smallest absolute Gasteiger partial charge is 0.119 e.